The molecule has 1 aliphatic rings. The van der Waals surface area contributed by atoms with Crippen LogP contribution >= 0.6 is 0 Å². The number of aromatic nitrogens is 13. The molecule has 13 aromatic carbocycles. The second-order valence-corrected chi connectivity index (χ2v) is 25.7. The van der Waals surface area contributed by atoms with Gasteiger partial charge in [0.1, 0.15) is 5.72 Å². The quantitative estimate of drug-likeness (QED) is 0.122. The molecule has 0 atom stereocenters. The van der Waals surface area contributed by atoms with E-state index in [0.29, 0.717) is 52.8 Å². The van der Waals surface area contributed by atoms with Crippen molar-refractivity contribution in [3.05, 3.63) is 322 Å². The average molecular weight is 1310 g/mol. The molecule has 474 valence electrons. The molecule has 0 saturated heterocycles. The lowest BCUT2D eigenvalue weighted by Crippen LogP contribution is -2.59. The number of benzene rings is 13. The summed E-state index contributed by atoms with van der Waals surface area (Å²) in [6.07, 6.45) is 0. The third-order valence-corrected chi connectivity index (χ3v) is 20.0. The zero-order valence-electron chi connectivity index (χ0n) is 54.4. The minimum Gasteiger partial charge on any atom is -0.312 e. The normalized spacial score (nSPS) is 12.3. The zero-order chi connectivity index (χ0) is 66.9. The van der Waals surface area contributed by atoms with Crippen LogP contribution in [0.1, 0.15) is 0 Å². The largest absolute Gasteiger partial charge is 0.312 e. The van der Waals surface area contributed by atoms with E-state index in [2.05, 4.69) is 223 Å². The molecule has 0 amide bonds. The standard InChI is InChI=1S/C87H53BN14/c1-6-28-54(29-7-1)79-89-80(55-30-8-2-9-31-55)92-84(91-79)101-67-44-22-16-38-59(67)61-50-52-73-75(77(61)101)63-40-18-24-46-69(63)99(73)86-95-83(88-65-42-20-26-48-71(65)98(58-36-14-5-15-37-58)72-49-27-21-43-66(72)88)96-87(97-86)100-70-47-25-19-41-64(70)76-74(100)53-51-62-60-39-17-23-45-68(60)102(78(62)76)85-93-81(56-32-10-3-11-33-56)90-82(94-85)57-34-12-4-13-35-57/h1-53H. The van der Waals surface area contributed by atoms with E-state index >= 15 is 0 Å². The average Bonchev–Trinajstić information content (AvgIpc) is 1.55. The Kier molecular flexibility index (Phi) is 12.7. The van der Waals surface area contributed by atoms with Crippen LogP contribution in [0, 0.1) is 0 Å². The van der Waals surface area contributed by atoms with Gasteiger partial charge in [0.2, 0.25) is 23.8 Å². The maximum Gasteiger partial charge on any atom is 0.294 e. The molecular weight excluding hydrogens is 1250 g/mol. The van der Waals surface area contributed by atoms with Gasteiger partial charge in [-0.05, 0) is 71.6 Å². The Morgan fingerprint density at radius 2 is 0.529 bits per heavy atom. The maximum absolute atomic E-state index is 5.90. The fourth-order valence-electron chi connectivity index (χ4n) is 15.7. The molecule has 14 nitrogen and oxygen atoms in total. The van der Waals surface area contributed by atoms with E-state index in [4.69, 9.17) is 44.9 Å². The molecule has 7 aromatic heterocycles. The Bertz CT molecular complexity index is 6270. The summed E-state index contributed by atoms with van der Waals surface area (Å²) >= 11 is 0. The van der Waals surface area contributed by atoms with Gasteiger partial charge in [0, 0.05) is 82.4 Å². The van der Waals surface area contributed by atoms with E-state index in [0.717, 1.165) is 137 Å². The predicted octanol–water partition coefficient (Wildman–Crippen LogP) is 17.6. The lowest BCUT2D eigenvalue weighted by Gasteiger charge is -2.36. The number of fused-ring (bicyclic) bond motifs is 16. The van der Waals surface area contributed by atoms with E-state index in [1.54, 1.807) is 0 Å². The number of hydrogen-bond acceptors (Lipinski definition) is 10. The molecule has 21 rings (SSSR count). The number of nitrogens with zero attached hydrogens (tertiary/aromatic N) is 14. The van der Waals surface area contributed by atoms with Crippen molar-refractivity contribution in [2.45, 2.75) is 0 Å². The highest BCUT2D eigenvalue weighted by molar-refractivity contribution is 6.97. The molecule has 0 spiro atoms. The maximum atomic E-state index is 5.90. The van der Waals surface area contributed by atoms with E-state index in [1.165, 1.54) is 0 Å². The predicted molar refractivity (Wildman–Crippen MR) is 411 cm³/mol. The van der Waals surface area contributed by atoms with Crippen LogP contribution in [0.15, 0.2) is 322 Å². The number of para-hydroxylation sites is 7. The molecule has 0 aliphatic carbocycles. The first kappa shape index (κ1) is 57.1. The van der Waals surface area contributed by atoms with Gasteiger partial charge in [-0.3, -0.25) is 18.3 Å². The third kappa shape index (κ3) is 8.77. The van der Waals surface area contributed by atoms with Gasteiger partial charge in [0.15, 0.2) is 23.3 Å². The van der Waals surface area contributed by atoms with Crippen molar-refractivity contribution in [3.8, 4) is 69.3 Å². The van der Waals surface area contributed by atoms with Crippen molar-refractivity contribution in [2.75, 3.05) is 4.90 Å². The number of rotatable bonds is 10. The first-order chi connectivity index (χ1) is 50.6. The highest BCUT2D eigenvalue weighted by atomic mass is 15.3. The van der Waals surface area contributed by atoms with Crippen molar-refractivity contribution in [3.63, 3.8) is 0 Å². The summed E-state index contributed by atoms with van der Waals surface area (Å²) in [5, 5.41) is 8.14. The molecule has 20 aromatic rings. The van der Waals surface area contributed by atoms with Crippen molar-refractivity contribution in [2.24, 2.45) is 0 Å². The Morgan fingerprint density at radius 1 is 0.216 bits per heavy atom. The molecule has 15 heteroatoms. The molecule has 102 heavy (non-hydrogen) atoms. The van der Waals surface area contributed by atoms with E-state index in [9.17, 15) is 0 Å². The van der Waals surface area contributed by atoms with Crippen LogP contribution < -0.4 is 21.5 Å². The molecule has 1 aliphatic heterocycles. The molecule has 8 heterocycles. The summed E-state index contributed by atoms with van der Waals surface area (Å²) < 4.78 is 8.91. The molecule has 0 unspecified atom stereocenters. The minimum atomic E-state index is -0.467. The molecule has 0 N–H and O–H groups in total. The van der Waals surface area contributed by atoms with Crippen LogP contribution in [-0.4, -0.2) is 69.8 Å². The molecule has 0 bridgehead atoms. The number of anilines is 3. The zero-order valence-corrected chi connectivity index (χ0v) is 54.4. The van der Waals surface area contributed by atoms with Crippen molar-refractivity contribution < 1.29 is 0 Å². The number of hydrogen-bond donors (Lipinski definition) is 0. The Morgan fingerprint density at radius 3 is 0.922 bits per heavy atom. The van der Waals surface area contributed by atoms with Gasteiger partial charge in [0.25, 0.3) is 6.71 Å². The van der Waals surface area contributed by atoms with Gasteiger partial charge in [-0.2, -0.15) is 24.9 Å². The molecule has 0 saturated carbocycles. The molecular formula is C87H53BN14. The van der Waals surface area contributed by atoms with E-state index in [1.807, 2.05) is 121 Å². The third-order valence-electron chi connectivity index (χ3n) is 20.0. The highest BCUT2D eigenvalue weighted by Crippen LogP contribution is 2.45. The first-order valence-electron chi connectivity index (χ1n) is 34.1. The summed E-state index contributed by atoms with van der Waals surface area (Å²) in [4.78, 5) is 52.0. The summed E-state index contributed by atoms with van der Waals surface area (Å²) in [5.74, 6) is 4.12. The summed E-state index contributed by atoms with van der Waals surface area (Å²) in [7, 11) is 0. The Hall–Kier alpha value is -14.0. The lowest BCUT2D eigenvalue weighted by atomic mass is 9.38. The minimum absolute atomic E-state index is 0.440. The Labute approximate surface area is 583 Å². The van der Waals surface area contributed by atoms with Gasteiger partial charge in [-0.25, -0.2) is 19.9 Å². The van der Waals surface area contributed by atoms with Crippen LogP contribution in [-0.2, 0) is 0 Å². The SMILES string of the molecule is c1ccc(-c2nc(-c3ccccc3)nc(-n3c4ccccc4c4ccc5c(c6ccccc6n5-c5nc(B6c7ccccc7N(c7ccccc7)c7ccccc76)nc(-n6c7ccccc7c7c6ccc6c8ccccc8n(-c8nc(-c9ccccc9)nc(-c9ccccc9)n8)c67)n5)c43)n2)cc1. The van der Waals surface area contributed by atoms with Crippen molar-refractivity contribution in [1.29, 1.82) is 0 Å². The smallest absolute Gasteiger partial charge is 0.294 e. The first-order valence-corrected chi connectivity index (χ1v) is 34.1. The fraction of sp³-hybridized carbons (Fsp3) is 0. The monoisotopic (exact) mass is 1300 g/mol. The molecule has 0 fully saturated rings. The van der Waals surface area contributed by atoms with Gasteiger partial charge in [0.05, 0.1) is 44.1 Å². The van der Waals surface area contributed by atoms with Crippen molar-refractivity contribution >= 4 is 128 Å². The van der Waals surface area contributed by atoms with E-state index in [-0.39, 0.29) is 0 Å². The summed E-state index contributed by atoms with van der Waals surface area (Å²) in [6.45, 7) is -0.467. The van der Waals surface area contributed by atoms with Gasteiger partial charge in [-0.1, -0.05) is 261 Å². The van der Waals surface area contributed by atoms with Crippen LogP contribution in [0.4, 0.5) is 17.1 Å². The van der Waals surface area contributed by atoms with Crippen molar-refractivity contribution in [1.82, 2.24) is 63.1 Å². The topological polar surface area (TPSA) is 139 Å². The van der Waals surface area contributed by atoms with Crippen LogP contribution in [0.2, 0.25) is 0 Å². The van der Waals surface area contributed by atoms with Gasteiger partial charge < -0.3 is 4.90 Å². The second kappa shape index (κ2) is 22.8. The fourth-order valence-corrected chi connectivity index (χ4v) is 15.7. The van der Waals surface area contributed by atoms with Crippen LogP contribution in [0.3, 0.4) is 0 Å². The Balaban J connectivity index is 0.866. The second-order valence-electron chi connectivity index (χ2n) is 25.7. The van der Waals surface area contributed by atoms with E-state index < -0.39 is 6.71 Å². The molecule has 0 radical (unpaired) electrons. The summed E-state index contributed by atoms with van der Waals surface area (Å²) in [5.41, 5.74) is 16.6. The lowest BCUT2D eigenvalue weighted by molar-refractivity contribution is 0.905. The highest BCUT2D eigenvalue weighted by Gasteiger charge is 2.39. The van der Waals surface area contributed by atoms with Crippen LogP contribution in [0.25, 0.3) is 157 Å². The van der Waals surface area contributed by atoms with Gasteiger partial charge in [-0.15, -0.1) is 0 Å². The van der Waals surface area contributed by atoms with Crippen LogP contribution in [0.5, 0.6) is 0 Å². The summed E-state index contributed by atoms with van der Waals surface area (Å²) in [6, 6.07) is 112. The van der Waals surface area contributed by atoms with Gasteiger partial charge >= 0.3 is 0 Å².